The van der Waals surface area contributed by atoms with Crippen LogP contribution in [0.2, 0.25) is 5.02 Å². The molecule has 0 aliphatic carbocycles. The van der Waals surface area contributed by atoms with Gasteiger partial charge in [0.1, 0.15) is 17.3 Å². The van der Waals surface area contributed by atoms with E-state index >= 15 is 0 Å². The first-order chi connectivity index (χ1) is 16.0. The molecule has 0 bridgehead atoms. The topological polar surface area (TPSA) is 46.6 Å². The Balaban J connectivity index is 1.35. The van der Waals surface area contributed by atoms with Gasteiger partial charge in [-0.3, -0.25) is 9.59 Å². The van der Waals surface area contributed by atoms with Crippen molar-refractivity contribution in [3.8, 4) is 11.5 Å². The van der Waals surface area contributed by atoms with Crippen LogP contribution in [0.3, 0.4) is 0 Å². The number of hydrogen-bond acceptors (Lipinski definition) is 4. The van der Waals surface area contributed by atoms with E-state index in [4.69, 9.17) is 16.3 Å². The maximum absolute atomic E-state index is 13.9. The third-order valence-electron chi connectivity index (χ3n) is 6.77. The molecular formula is C27H23ClFNO3. The largest absolute Gasteiger partial charge is 0.456 e. The Hall–Kier alpha value is -3.02. The summed E-state index contributed by atoms with van der Waals surface area (Å²) in [5.41, 5.74) is 1.25. The van der Waals surface area contributed by atoms with Gasteiger partial charge in [0.05, 0.1) is 11.0 Å². The first-order valence-electron chi connectivity index (χ1n) is 11.1. The fourth-order valence-corrected chi connectivity index (χ4v) is 5.08. The highest BCUT2D eigenvalue weighted by molar-refractivity contribution is 6.31. The van der Waals surface area contributed by atoms with E-state index in [0.29, 0.717) is 66.5 Å². The predicted octanol–water partition coefficient (Wildman–Crippen LogP) is 6.07. The number of para-hydroxylation sites is 1. The molecule has 33 heavy (non-hydrogen) atoms. The predicted molar refractivity (Wildman–Crippen MR) is 125 cm³/mol. The molecule has 3 aromatic carbocycles. The Kier molecular flexibility index (Phi) is 5.77. The highest BCUT2D eigenvalue weighted by Gasteiger charge is 2.47. The first kappa shape index (κ1) is 21.8. The minimum Gasteiger partial charge on any atom is -0.456 e. The number of likely N-dealkylation sites (tertiary alicyclic amines) is 1. The lowest BCUT2D eigenvalue weighted by molar-refractivity contribution is 0.0758. The standard InChI is InChI=1S/C27H23ClFNO3/c28-19-7-10-24-21(17-19)26(32)27(22-3-1-2-4-25(22)33-24)12-15-30(16-13-27)14-11-23(31)18-5-8-20(29)9-6-18/h1-10,17H,11-16H2. The van der Waals surface area contributed by atoms with Crippen LogP contribution in [-0.4, -0.2) is 36.1 Å². The maximum Gasteiger partial charge on any atom is 0.177 e. The van der Waals surface area contributed by atoms with Crippen molar-refractivity contribution in [3.63, 3.8) is 0 Å². The molecule has 0 amide bonds. The van der Waals surface area contributed by atoms with Crippen molar-refractivity contribution in [2.24, 2.45) is 0 Å². The zero-order valence-electron chi connectivity index (χ0n) is 18.0. The number of hydrogen-bond donors (Lipinski definition) is 0. The zero-order chi connectivity index (χ0) is 23.0. The number of benzene rings is 3. The highest BCUT2D eigenvalue weighted by atomic mass is 35.5. The number of carbonyl (C=O) groups is 2. The Morgan fingerprint density at radius 3 is 2.48 bits per heavy atom. The minimum absolute atomic E-state index is 0.0110. The van der Waals surface area contributed by atoms with Crippen LogP contribution in [-0.2, 0) is 5.41 Å². The molecular weight excluding hydrogens is 441 g/mol. The van der Waals surface area contributed by atoms with Gasteiger partial charge in [-0.05, 0) is 74.5 Å². The molecule has 0 radical (unpaired) electrons. The normalized spacial score (nSPS) is 17.1. The van der Waals surface area contributed by atoms with Crippen molar-refractivity contribution in [1.29, 1.82) is 0 Å². The van der Waals surface area contributed by atoms with E-state index in [9.17, 15) is 14.0 Å². The lowest BCUT2D eigenvalue weighted by Crippen LogP contribution is -2.47. The summed E-state index contributed by atoms with van der Waals surface area (Å²) in [5.74, 6) is 0.899. The highest BCUT2D eigenvalue weighted by Crippen LogP contribution is 2.48. The third-order valence-corrected chi connectivity index (χ3v) is 7.01. The van der Waals surface area contributed by atoms with Crippen LogP contribution in [0.4, 0.5) is 4.39 Å². The van der Waals surface area contributed by atoms with E-state index in [1.54, 1.807) is 18.2 Å². The number of fused-ring (bicyclic) bond motifs is 3. The first-order valence-corrected chi connectivity index (χ1v) is 11.5. The Morgan fingerprint density at radius 2 is 1.73 bits per heavy atom. The molecule has 2 aliphatic heterocycles. The summed E-state index contributed by atoms with van der Waals surface area (Å²) in [6.07, 6.45) is 1.61. The number of halogens is 2. The van der Waals surface area contributed by atoms with Gasteiger partial charge in [0.15, 0.2) is 11.6 Å². The van der Waals surface area contributed by atoms with Crippen molar-refractivity contribution < 1.29 is 18.7 Å². The van der Waals surface area contributed by atoms with Gasteiger partial charge in [-0.25, -0.2) is 4.39 Å². The van der Waals surface area contributed by atoms with E-state index in [0.717, 1.165) is 5.56 Å². The molecule has 2 aliphatic rings. The van der Waals surface area contributed by atoms with Gasteiger partial charge in [-0.1, -0.05) is 29.8 Å². The minimum atomic E-state index is -0.690. The maximum atomic E-state index is 13.9. The van der Waals surface area contributed by atoms with Crippen molar-refractivity contribution in [2.75, 3.05) is 19.6 Å². The molecule has 1 fully saturated rings. The van der Waals surface area contributed by atoms with E-state index in [1.165, 1.54) is 24.3 Å². The van der Waals surface area contributed by atoms with Crippen LogP contribution < -0.4 is 4.74 Å². The second-order valence-electron chi connectivity index (χ2n) is 8.67. The van der Waals surface area contributed by atoms with E-state index in [-0.39, 0.29) is 17.4 Å². The van der Waals surface area contributed by atoms with Crippen molar-refractivity contribution in [1.82, 2.24) is 4.90 Å². The summed E-state index contributed by atoms with van der Waals surface area (Å²) in [4.78, 5) is 28.6. The molecule has 4 nitrogen and oxygen atoms in total. The number of nitrogens with zero attached hydrogens (tertiary/aromatic N) is 1. The number of piperidine rings is 1. The molecule has 0 N–H and O–H groups in total. The number of ether oxygens (including phenoxy) is 1. The van der Waals surface area contributed by atoms with Gasteiger partial charge in [-0.2, -0.15) is 0 Å². The number of Topliss-reactive ketones (excluding diaryl/α,β-unsaturated/α-hetero) is 2. The molecule has 3 aromatic rings. The summed E-state index contributed by atoms with van der Waals surface area (Å²) in [6, 6.07) is 18.6. The van der Waals surface area contributed by atoms with Crippen molar-refractivity contribution in [3.05, 3.63) is 94.3 Å². The Morgan fingerprint density at radius 1 is 1.00 bits per heavy atom. The molecule has 0 aromatic heterocycles. The molecule has 1 saturated heterocycles. The number of ketones is 2. The molecule has 168 valence electrons. The lowest BCUT2D eigenvalue weighted by Gasteiger charge is -2.40. The average Bonchev–Trinajstić information content (AvgIpc) is 2.93. The molecule has 5 rings (SSSR count). The smallest absolute Gasteiger partial charge is 0.177 e. The molecule has 0 atom stereocenters. The van der Waals surface area contributed by atoms with Crippen LogP contribution in [0.25, 0.3) is 0 Å². The second-order valence-corrected chi connectivity index (χ2v) is 9.11. The van der Waals surface area contributed by atoms with Gasteiger partial charge in [0.25, 0.3) is 0 Å². The molecule has 0 unspecified atom stereocenters. The molecule has 2 heterocycles. The van der Waals surface area contributed by atoms with Crippen molar-refractivity contribution in [2.45, 2.75) is 24.7 Å². The fourth-order valence-electron chi connectivity index (χ4n) is 4.91. The Bertz CT molecular complexity index is 1220. The summed E-state index contributed by atoms with van der Waals surface area (Å²) >= 11 is 6.22. The van der Waals surface area contributed by atoms with Gasteiger partial charge >= 0.3 is 0 Å². The van der Waals surface area contributed by atoms with E-state index in [1.807, 2.05) is 24.3 Å². The van der Waals surface area contributed by atoms with E-state index < -0.39 is 5.41 Å². The fraction of sp³-hybridized carbons (Fsp3) is 0.259. The second kappa shape index (κ2) is 8.73. The SMILES string of the molecule is O=C(CCN1CCC2(CC1)C(=O)c1cc(Cl)ccc1Oc1ccccc12)c1ccc(F)cc1. The number of carbonyl (C=O) groups excluding carboxylic acids is 2. The zero-order valence-corrected chi connectivity index (χ0v) is 18.8. The van der Waals surface area contributed by atoms with Gasteiger partial charge < -0.3 is 9.64 Å². The van der Waals surface area contributed by atoms with Gasteiger partial charge in [0, 0.05) is 29.1 Å². The summed E-state index contributed by atoms with van der Waals surface area (Å²) < 4.78 is 19.3. The van der Waals surface area contributed by atoms with Gasteiger partial charge in [-0.15, -0.1) is 0 Å². The Labute approximate surface area is 196 Å². The van der Waals surface area contributed by atoms with Crippen LogP contribution in [0.5, 0.6) is 11.5 Å². The summed E-state index contributed by atoms with van der Waals surface area (Å²) in [7, 11) is 0. The van der Waals surface area contributed by atoms with Crippen LogP contribution in [0.1, 0.15) is 45.5 Å². The molecule has 6 heteroatoms. The molecule has 1 spiro atoms. The lowest BCUT2D eigenvalue weighted by atomic mass is 9.68. The monoisotopic (exact) mass is 463 g/mol. The van der Waals surface area contributed by atoms with Gasteiger partial charge in [0.2, 0.25) is 0 Å². The quantitative estimate of drug-likeness (QED) is 0.440. The average molecular weight is 464 g/mol. The van der Waals surface area contributed by atoms with Crippen LogP contribution in [0, 0.1) is 5.82 Å². The summed E-state index contributed by atoms with van der Waals surface area (Å²) in [5, 5.41) is 0.503. The molecule has 0 saturated carbocycles. The van der Waals surface area contributed by atoms with E-state index in [2.05, 4.69) is 4.90 Å². The summed E-state index contributed by atoms with van der Waals surface area (Å²) in [6.45, 7) is 1.97. The third kappa shape index (κ3) is 4.07. The van der Waals surface area contributed by atoms with Crippen LogP contribution >= 0.6 is 11.6 Å². The van der Waals surface area contributed by atoms with Crippen LogP contribution in [0.15, 0.2) is 66.7 Å². The number of rotatable bonds is 4. The van der Waals surface area contributed by atoms with Crippen molar-refractivity contribution >= 4 is 23.2 Å².